The minimum atomic E-state index is -0.272. The zero-order valence-electron chi connectivity index (χ0n) is 11.7. The molecule has 1 aromatic rings. The van der Waals surface area contributed by atoms with Gasteiger partial charge in [0.05, 0.1) is 5.54 Å². The van der Waals surface area contributed by atoms with Crippen LogP contribution in [0.2, 0.25) is 0 Å². The first kappa shape index (κ1) is 13.6. The average molecular weight is 246 g/mol. The van der Waals surface area contributed by atoms with Crippen LogP contribution < -0.4 is 5.73 Å². The lowest BCUT2D eigenvalue weighted by atomic mass is 9.85. The first-order valence-corrected chi connectivity index (χ1v) is 7.21. The van der Waals surface area contributed by atoms with E-state index in [9.17, 15) is 0 Å². The smallest absolute Gasteiger partial charge is 0.0536 e. The Labute approximate surface area is 111 Å². The molecule has 100 valence electrons. The standard InChI is InChI=1S/C16H26N2/c1-14(18-12-8-3-4-9-13-18)16(2,17)15-10-6-5-7-11-15/h5-7,10-11,14H,3-4,8-9,12-13,17H2,1-2H3. The van der Waals surface area contributed by atoms with Crippen molar-refractivity contribution in [2.45, 2.75) is 51.1 Å². The molecular weight excluding hydrogens is 220 g/mol. The molecule has 2 unspecified atom stereocenters. The molecule has 1 aliphatic heterocycles. The molecule has 1 aliphatic rings. The van der Waals surface area contributed by atoms with E-state index in [4.69, 9.17) is 5.73 Å². The fourth-order valence-electron chi connectivity index (χ4n) is 2.90. The van der Waals surface area contributed by atoms with E-state index in [0.29, 0.717) is 6.04 Å². The maximum absolute atomic E-state index is 6.62. The van der Waals surface area contributed by atoms with E-state index in [1.807, 2.05) is 0 Å². The number of benzene rings is 1. The summed E-state index contributed by atoms with van der Waals surface area (Å²) in [5, 5.41) is 0. The molecule has 0 bridgehead atoms. The molecular formula is C16H26N2. The highest BCUT2D eigenvalue weighted by Gasteiger charge is 2.32. The maximum atomic E-state index is 6.62. The number of nitrogens with zero attached hydrogens (tertiary/aromatic N) is 1. The molecule has 2 atom stereocenters. The van der Waals surface area contributed by atoms with Gasteiger partial charge in [-0.05, 0) is 45.3 Å². The molecule has 2 nitrogen and oxygen atoms in total. The highest BCUT2D eigenvalue weighted by Crippen LogP contribution is 2.26. The quantitative estimate of drug-likeness (QED) is 0.888. The van der Waals surface area contributed by atoms with Crippen molar-refractivity contribution in [3.05, 3.63) is 35.9 Å². The summed E-state index contributed by atoms with van der Waals surface area (Å²) in [7, 11) is 0. The Bertz CT molecular complexity index is 351. The number of likely N-dealkylation sites (tertiary alicyclic amines) is 1. The van der Waals surface area contributed by atoms with Crippen molar-refractivity contribution in [2.24, 2.45) is 5.73 Å². The van der Waals surface area contributed by atoms with Gasteiger partial charge >= 0.3 is 0 Å². The lowest BCUT2D eigenvalue weighted by molar-refractivity contribution is 0.145. The molecule has 1 fully saturated rings. The zero-order chi connectivity index (χ0) is 13.0. The van der Waals surface area contributed by atoms with Gasteiger partial charge in [0.15, 0.2) is 0 Å². The Balaban J connectivity index is 2.13. The van der Waals surface area contributed by atoms with Crippen LogP contribution in [0.1, 0.15) is 45.1 Å². The van der Waals surface area contributed by atoms with E-state index in [1.165, 1.54) is 44.3 Å². The predicted molar refractivity (Wildman–Crippen MR) is 77.5 cm³/mol. The number of hydrogen-bond acceptors (Lipinski definition) is 2. The third-order valence-electron chi connectivity index (χ3n) is 4.45. The predicted octanol–water partition coefficient (Wildman–Crippen LogP) is 3.13. The van der Waals surface area contributed by atoms with Gasteiger partial charge in [0.2, 0.25) is 0 Å². The lowest BCUT2D eigenvalue weighted by Crippen LogP contribution is -2.53. The maximum Gasteiger partial charge on any atom is 0.0536 e. The third kappa shape index (κ3) is 2.93. The van der Waals surface area contributed by atoms with Crippen molar-refractivity contribution < 1.29 is 0 Å². The summed E-state index contributed by atoms with van der Waals surface area (Å²) in [6, 6.07) is 10.9. The molecule has 18 heavy (non-hydrogen) atoms. The number of rotatable bonds is 3. The highest BCUT2D eigenvalue weighted by molar-refractivity contribution is 5.25. The van der Waals surface area contributed by atoms with E-state index < -0.39 is 0 Å². The largest absolute Gasteiger partial charge is 0.320 e. The summed E-state index contributed by atoms with van der Waals surface area (Å²) >= 11 is 0. The summed E-state index contributed by atoms with van der Waals surface area (Å²) in [5.74, 6) is 0. The highest BCUT2D eigenvalue weighted by atomic mass is 15.2. The topological polar surface area (TPSA) is 29.3 Å². The van der Waals surface area contributed by atoms with Crippen LogP contribution in [0.4, 0.5) is 0 Å². The Morgan fingerprint density at radius 2 is 1.61 bits per heavy atom. The molecule has 1 saturated heterocycles. The van der Waals surface area contributed by atoms with Crippen LogP contribution >= 0.6 is 0 Å². The first-order chi connectivity index (χ1) is 8.62. The van der Waals surface area contributed by atoms with Gasteiger partial charge in [-0.15, -0.1) is 0 Å². The number of nitrogens with two attached hydrogens (primary N) is 1. The summed E-state index contributed by atoms with van der Waals surface area (Å²) in [6.45, 7) is 6.83. The van der Waals surface area contributed by atoms with Crippen molar-refractivity contribution in [3.8, 4) is 0 Å². The molecule has 2 rings (SSSR count). The normalized spacial score (nSPS) is 23.1. The molecule has 0 saturated carbocycles. The van der Waals surface area contributed by atoms with E-state index >= 15 is 0 Å². The van der Waals surface area contributed by atoms with Crippen molar-refractivity contribution in [2.75, 3.05) is 13.1 Å². The monoisotopic (exact) mass is 246 g/mol. The fourth-order valence-corrected chi connectivity index (χ4v) is 2.90. The Morgan fingerprint density at radius 1 is 1.06 bits per heavy atom. The van der Waals surface area contributed by atoms with Crippen molar-refractivity contribution in [1.29, 1.82) is 0 Å². The van der Waals surface area contributed by atoms with Crippen LogP contribution in [0.25, 0.3) is 0 Å². The number of hydrogen-bond donors (Lipinski definition) is 1. The van der Waals surface area contributed by atoms with Crippen LogP contribution in [0.3, 0.4) is 0 Å². The molecule has 0 aromatic heterocycles. The lowest BCUT2D eigenvalue weighted by Gasteiger charge is -2.40. The molecule has 2 heteroatoms. The van der Waals surface area contributed by atoms with Gasteiger partial charge in [-0.2, -0.15) is 0 Å². The SMILES string of the molecule is CC(N1CCCCCC1)C(C)(N)c1ccccc1. The van der Waals surface area contributed by atoms with Gasteiger partial charge in [-0.25, -0.2) is 0 Å². The minimum absolute atomic E-state index is 0.272. The van der Waals surface area contributed by atoms with Crippen LogP contribution in [-0.4, -0.2) is 24.0 Å². The average Bonchev–Trinajstić information content (AvgIpc) is 2.67. The molecule has 1 heterocycles. The molecule has 2 N–H and O–H groups in total. The molecule has 0 aliphatic carbocycles. The second-order valence-electron chi connectivity index (χ2n) is 5.77. The van der Waals surface area contributed by atoms with Gasteiger partial charge < -0.3 is 5.73 Å². The van der Waals surface area contributed by atoms with Crippen LogP contribution in [0.5, 0.6) is 0 Å². The van der Waals surface area contributed by atoms with Crippen LogP contribution in [0, 0.1) is 0 Å². The van der Waals surface area contributed by atoms with Gasteiger partial charge in [0.25, 0.3) is 0 Å². The van der Waals surface area contributed by atoms with Crippen molar-refractivity contribution in [1.82, 2.24) is 4.90 Å². The van der Waals surface area contributed by atoms with Crippen molar-refractivity contribution in [3.63, 3.8) is 0 Å². The van der Waals surface area contributed by atoms with Gasteiger partial charge in [-0.1, -0.05) is 43.2 Å². The van der Waals surface area contributed by atoms with Crippen LogP contribution in [0.15, 0.2) is 30.3 Å². The van der Waals surface area contributed by atoms with E-state index in [2.05, 4.69) is 49.1 Å². The fraction of sp³-hybridized carbons (Fsp3) is 0.625. The van der Waals surface area contributed by atoms with Gasteiger partial charge in [-0.3, -0.25) is 4.90 Å². The first-order valence-electron chi connectivity index (χ1n) is 7.21. The second kappa shape index (κ2) is 5.85. The van der Waals surface area contributed by atoms with E-state index in [0.717, 1.165) is 0 Å². The Hall–Kier alpha value is -0.860. The van der Waals surface area contributed by atoms with E-state index in [-0.39, 0.29) is 5.54 Å². The summed E-state index contributed by atoms with van der Waals surface area (Å²) in [5.41, 5.74) is 7.59. The van der Waals surface area contributed by atoms with Gasteiger partial charge in [0.1, 0.15) is 0 Å². The van der Waals surface area contributed by atoms with Gasteiger partial charge in [0, 0.05) is 6.04 Å². The van der Waals surface area contributed by atoms with Crippen LogP contribution in [-0.2, 0) is 5.54 Å². The zero-order valence-corrected chi connectivity index (χ0v) is 11.7. The summed E-state index contributed by atoms with van der Waals surface area (Å²) in [6.07, 6.45) is 5.37. The Kier molecular flexibility index (Phi) is 4.41. The minimum Gasteiger partial charge on any atom is -0.320 e. The molecule has 1 aromatic carbocycles. The molecule has 0 spiro atoms. The summed E-state index contributed by atoms with van der Waals surface area (Å²) in [4.78, 5) is 2.57. The Morgan fingerprint density at radius 3 is 2.17 bits per heavy atom. The second-order valence-corrected chi connectivity index (χ2v) is 5.77. The molecule has 0 radical (unpaired) electrons. The third-order valence-corrected chi connectivity index (χ3v) is 4.45. The summed E-state index contributed by atoms with van der Waals surface area (Å²) < 4.78 is 0. The molecule has 0 amide bonds. The van der Waals surface area contributed by atoms with E-state index in [1.54, 1.807) is 0 Å². The van der Waals surface area contributed by atoms with Crippen molar-refractivity contribution >= 4 is 0 Å².